The fourth-order valence-electron chi connectivity index (χ4n) is 2.86. The lowest BCUT2D eigenvalue weighted by molar-refractivity contribution is 0.0599. The zero-order valence-electron chi connectivity index (χ0n) is 12.6. The zero-order valence-corrected chi connectivity index (χ0v) is 13.4. The van der Waals surface area contributed by atoms with Gasteiger partial charge in [0.05, 0.1) is 18.4 Å². The normalized spacial score (nSPS) is 14.1. The van der Waals surface area contributed by atoms with Gasteiger partial charge in [0.2, 0.25) is 5.16 Å². The molecule has 8 heteroatoms. The van der Waals surface area contributed by atoms with Crippen LogP contribution in [0.4, 0.5) is 5.69 Å². The second-order valence-electron chi connectivity index (χ2n) is 5.32. The molecular weight excluding hydrogens is 318 g/mol. The number of hydrogen-bond acceptors (Lipinski definition) is 5. The number of aromatic amines is 1. The van der Waals surface area contributed by atoms with Gasteiger partial charge in [-0.2, -0.15) is 8.42 Å². The molecule has 0 bridgehead atoms. The van der Waals surface area contributed by atoms with Crippen LogP contribution in [0.25, 0.3) is 0 Å². The van der Waals surface area contributed by atoms with Crippen molar-refractivity contribution < 1.29 is 17.9 Å². The Labute approximate surface area is 134 Å². The van der Waals surface area contributed by atoms with Crippen LogP contribution in [-0.4, -0.2) is 31.5 Å². The van der Waals surface area contributed by atoms with Crippen molar-refractivity contribution in [3.63, 3.8) is 0 Å². The minimum Gasteiger partial charge on any atom is -0.465 e. The van der Waals surface area contributed by atoms with Crippen LogP contribution < -0.4 is 4.72 Å². The van der Waals surface area contributed by atoms with E-state index in [9.17, 15) is 13.2 Å². The first-order valence-corrected chi connectivity index (χ1v) is 8.76. The second kappa shape index (κ2) is 6.04. The molecule has 122 valence electrons. The first kappa shape index (κ1) is 15.5. The third kappa shape index (κ3) is 2.94. The Hall–Kier alpha value is -2.35. The SMILES string of the molecule is COC(=O)c1ccc(NS(=O)(=O)c2ncc[nH]2)c2c1CCCC2. The minimum atomic E-state index is -3.77. The molecule has 1 aromatic heterocycles. The first-order chi connectivity index (χ1) is 11.0. The number of anilines is 1. The van der Waals surface area contributed by atoms with Gasteiger partial charge in [-0.3, -0.25) is 4.72 Å². The van der Waals surface area contributed by atoms with Gasteiger partial charge < -0.3 is 9.72 Å². The van der Waals surface area contributed by atoms with Crippen LogP contribution in [0.5, 0.6) is 0 Å². The van der Waals surface area contributed by atoms with Gasteiger partial charge in [-0.1, -0.05) is 0 Å². The van der Waals surface area contributed by atoms with Crippen molar-refractivity contribution in [2.45, 2.75) is 30.8 Å². The summed E-state index contributed by atoms with van der Waals surface area (Å²) < 4.78 is 32.0. The summed E-state index contributed by atoms with van der Waals surface area (Å²) in [6.45, 7) is 0. The number of ether oxygens (including phenoxy) is 1. The average molecular weight is 335 g/mol. The fourth-order valence-corrected chi connectivity index (χ4v) is 3.86. The van der Waals surface area contributed by atoms with E-state index in [4.69, 9.17) is 4.74 Å². The van der Waals surface area contributed by atoms with Gasteiger partial charge in [0.25, 0.3) is 10.0 Å². The van der Waals surface area contributed by atoms with E-state index in [0.717, 1.165) is 36.8 Å². The third-order valence-corrected chi connectivity index (χ3v) is 5.13. The monoisotopic (exact) mass is 335 g/mol. The molecule has 2 N–H and O–H groups in total. The van der Waals surface area contributed by atoms with E-state index in [2.05, 4.69) is 14.7 Å². The number of hydrogen-bond donors (Lipinski definition) is 2. The Morgan fingerprint density at radius 1 is 1.26 bits per heavy atom. The van der Waals surface area contributed by atoms with E-state index >= 15 is 0 Å². The third-order valence-electron chi connectivity index (χ3n) is 3.91. The summed E-state index contributed by atoms with van der Waals surface area (Å²) in [4.78, 5) is 18.2. The van der Waals surface area contributed by atoms with E-state index in [-0.39, 0.29) is 5.16 Å². The number of imidazole rings is 1. The molecule has 23 heavy (non-hydrogen) atoms. The Kier molecular flexibility index (Phi) is 4.08. The van der Waals surface area contributed by atoms with Gasteiger partial charge in [-0.25, -0.2) is 9.78 Å². The number of fused-ring (bicyclic) bond motifs is 1. The van der Waals surface area contributed by atoms with Crippen LogP contribution in [0.15, 0.2) is 29.7 Å². The number of esters is 1. The van der Waals surface area contributed by atoms with Gasteiger partial charge in [0.1, 0.15) is 0 Å². The minimum absolute atomic E-state index is 0.140. The highest BCUT2D eigenvalue weighted by Gasteiger charge is 2.24. The quantitative estimate of drug-likeness (QED) is 0.831. The van der Waals surface area contributed by atoms with E-state index in [1.54, 1.807) is 12.1 Å². The second-order valence-corrected chi connectivity index (χ2v) is 6.91. The molecule has 0 fully saturated rings. The van der Waals surface area contributed by atoms with Crippen LogP contribution in [0.2, 0.25) is 0 Å². The van der Waals surface area contributed by atoms with Gasteiger partial charge >= 0.3 is 5.97 Å². The summed E-state index contributed by atoms with van der Waals surface area (Å²) >= 11 is 0. The zero-order chi connectivity index (χ0) is 16.4. The topological polar surface area (TPSA) is 101 Å². The number of aromatic nitrogens is 2. The lowest BCUT2D eigenvalue weighted by Crippen LogP contribution is -2.19. The number of benzene rings is 1. The van der Waals surface area contributed by atoms with E-state index in [1.807, 2.05) is 0 Å². The lowest BCUT2D eigenvalue weighted by atomic mass is 9.87. The molecule has 1 aromatic carbocycles. The molecule has 0 spiro atoms. The maximum atomic E-state index is 12.3. The van der Waals surface area contributed by atoms with Crippen LogP contribution in [-0.2, 0) is 27.6 Å². The Balaban J connectivity index is 2.02. The van der Waals surface area contributed by atoms with Gasteiger partial charge in [-0.15, -0.1) is 0 Å². The fraction of sp³-hybridized carbons (Fsp3) is 0.333. The molecular formula is C15H17N3O4S. The number of H-pyrrole nitrogens is 1. The van der Waals surface area contributed by atoms with Gasteiger partial charge in [-0.05, 0) is 48.9 Å². The largest absolute Gasteiger partial charge is 0.465 e. The van der Waals surface area contributed by atoms with Crippen molar-refractivity contribution in [2.75, 3.05) is 11.8 Å². The van der Waals surface area contributed by atoms with Crippen molar-refractivity contribution in [1.29, 1.82) is 0 Å². The molecule has 0 atom stereocenters. The Morgan fingerprint density at radius 3 is 2.65 bits per heavy atom. The van der Waals surface area contributed by atoms with Gasteiger partial charge in [0, 0.05) is 12.4 Å². The first-order valence-electron chi connectivity index (χ1n) is 7.28. The number of rotatable bonds is 4. The molecule has 0 aliphatic heterocycles. The molecule has 0 unspecified atom stereocenters. The Bertz CT molecular complexity index is 829. The predicted octanol–water partition coefficient (Wildman–Crippen LogP) is 1.88. The smallest absolute Gasteiger partial charge is 0.338 e. The maximum absolute atomic E-state index is 12.3. The van der Waals surface area contributed by atoms with Crippen LogP contribution >= 0.6 is 0 Å². The number of nitrogens with one attached hydrogen (secondary N) is 2. The Morgan fingerprint density at radius 2 is 2.00 bits per heavy atom. The molecule has 7 nitrogen and oxygen atoms in total. The van der Waals surface area contributed by atoms with Crippen molar-refractivity contribution in [3.8, 4) is 0 Å². The number of methoxy groups -OCH3 is 1. The summed E-state index contributed by atoms with van der Waals surface area (Å²) in [7, 11) is -2.44. The highest BCUT2D eigenvalue weighted by atomic mass is 32.2. The van der Waals surface area contributed by atoms with Crippen molar-refractivity contribution in [3.05, 3.63) is 41.2 Å². The number of nitrogens with zero attached hydrogens (tertiary/aromatic N) is 1. The highest BCUT2D eigenvalue weighted by molar-refractivity contribution is 7.92. The molecule has 1 aliphatic rings. The molecule has 2 aromatic rings. The van der Waals surface area contributed by atoms with Crippen molar-refractivity contribution in [2.24, 2.45) is 0 Å². The summed E-state index contributed by atoms with van der Waals surface area (Å²) in [5.74, 6) is -0.399. The predicted molar refractivity (Wildman–Crippen MR) is 83.8 cm³/mol. The van der Waals surface area contributed by atoms with E-state index < -0.39 is 16.0 Å². The van der Waals surface area contributed by atoms with E-state index in [1.165, 1.54) is 19.5 Å². The highest BCUT2D eigenvalue weighted by Crippen LogP contribution is 2.32. The molecule has 1 heterocycles. The molecule has 0 radical (unpaired) electrons. The van der Waals surface area contributed by atoms with Crippen LogP contribution in [0.3, 0.4) is 0 Å². The number of carbonyl (C=O) groups is 1. The van der Waals surface area contributed by atoms with Gasteiger partial charge in [0.15, 0.2) is 0 Å². The summed E-state index contributed by atoms with van der Waals surface area (Å²) in [6.07, 6.45) is 6.19. The molecule has 3 rings (SSSR count). The molecule has 1 aliphatic carbocycles. The summed E-state index contributed by atoms with van der Waals surface area (Å²) in [6, 6.07) is 3.22. The van der Waals surface area contributed by atoms with Crippen LogP contribution in [0.1, 0.15) is 34.3 Å². The van der Waals surface area contributed by atoms with Crippen molar-refractivity contribution >= 4 is 21.7 Å². The standard InChI is InChI=1S/C15H17N3O4S/c1-22-14(19)12-6-7-13(11-5-3-2-4-10(11)12)18-23(20,21)15-16-8-9-17-15/h6-9,18H,2-5H2,1H3,(H,16,17). The van der Waals surface area contributed by atoms with Crippen LogP contribution in [0, 0.1) is 0 Å². The summed E-state index contributed by atoms with van der Waals surface area (Å²) in [5, 5.41) is -0.140. The number of carbonyl (C=O) groups excluding carboxylic acids is 1. The molecule has 0 saturated carbocycles. The van der Waals surface area contributed by atoms with E-state index in [0.29, 0.717) is 11.3 Å². The maximum Gasteiger partial charge on any atom is 0.338 e. The molecule has 0 amide bonds. The summed E-state index contributed by atoms with van der Waals surface area (Å²) in [5.41, 5.74) is 2.71. The number of sulfonamides is 1. The molecule has 0 saturated heterocycles. The van der Waals surface area contributed by atoms with Crippen molar-refractivity contribution in [1.82, 2.24) is 9.97 Å². The lowest BCUT2D eigenvalue weighted by Gasteiger charge is -2.22. The average Bonchev–Trinajstić information content (AvgIpc) is 3.10.